The maximum atomic E-state index is 12.2. The van der Waals surface area contributed by atoms with Crippen LogP contribution < -0.4 is 10.2 Å². The fraction of sp³-hybridized carbons (Fsp3) is 0.467. The van der Waals surface area contributed by atoms with Gasteiger partial charge in [-0.25, -0.2) is 9.59 Å². The first-order valence-corrected chi connectivity index (χ1v) is 7.34. The topological polar surface area (TPSA) is 61.9 Å². The number of ether oxygens (including phenoxy) is 1. The summed E-state index contributed by atoms with van der Waals surface area (Å²) in [5, 5.41) is 2.67. The van der Waals surface area contributed by atoms with Gasteiger partial charge in [-0.2, -0.15) is 13.2 Å². The molecule has 2 rings (SSSR count). The molecule has 1 aliphatic heterocycles. The summed E-state index contributed by atoms with van der Waals surface area (Å²) >= 11 is 0. The van der Waals surface area contributed by atoms with Crippen LogP contribution in [0.4, 0.5) is 23.7 Å². The van der Waals surface area contributed by atoms with Crippen molar-refractivity contribution in [1.82, 2.24) is 10.2 Å². The summed E-state index contributed by atoms with van der Waals surface area (Å²) in [5.74, 6) is -0.618. The summed E-state index contributed by atoms with van der Waals surface area (Å²) in [6.07, 6.45) is -4.28. The number of nitrogens with zero attached hydrogens (tertiary/aromatic N) is 2. The number of alkyl halides is 3. The maximum Gasteiger partial charge on any atom is 0.401 e. The van der Waals surface area contributed by atoms with Crippen molar-refractivity contribution in [2.24, 2.45) is 0 Å². The van der Waals surface area contributed by atoms with Crippen LogP contribution >= 0.6 is 0 Å². The van der Waals surface area contributed by atoms with Gasteiger partial charge in [-0.15, -0.1) is 0 Å². The molecule has 0 unspecified atom stereocenters. The Labute approximate surface area is 137 Å². The minimum atomic E-state index is -4.28. The minimum Gasteiger partial charge on any atom is -0.461 e. The maximum absolute atomic E-state index is 12.2. The van der Waals surface area contributed by atoms with Crippen molar-refractivity contribution in [1.29, 1.82) is 0 Å². The van der Waals surface area contributed by atoms with Crippen molar-refractivity contribution in [3.8, 4) is 0 Å². The van der Waals surface area contributed by atoms with Crippen LogP contribution in [0.15, 0.2) is 24.3 Å². The third-order valence-corrected chi connectivity index (χ3v) is 3.43. The normalized spacial score (nSPS) is 14.9. The highest BCUT2D eigenvalue weighted by atomic mass is 19.4. The zero-order valence-corrected chi connectivity index (χ0v) is 13.1. The monoisotopic (exact) mass is 345 g/mol. The average molecular weight is 345 g/mol. The summed E-state index contributed by atoms with van der Waals surface area (Å²) in [4.78, 5) is 26.0. The van der Waals surface area contributed by atoms with Crippen molar-refractivity contribution >= 4 is 17.7 Å². The van der Waals surface area contributed by atoms with E-state index in [-0.39, 0.29) is 24.7 Å². The summed E-state index contributed by atoms with van der Waals surface area (Å²) in [6.45, 7) is -0.0988. The molecule has 0 radical (unpaired) electrons. The van der Waals surface area contributed by atoms with Crippen LogP contribution in [0.5, 0.6) is 0 Å². The van der Waals surface area contributed by atoms with Crippen LogP contribution in [0.2, 0.25) is 0 Å². The largest absolute Gasteiger partial charge is 0.461 e. The van der Waals surface area contributed by atoms with Gasteiger partial charge < -0.3 is 10.1 Å². The summed E-state index contributed by atoms with van der Waals surface area (Å²) < 4.78 is 41.5. The zero-order chi connectivity index (χ0) is 17.7. The summed E-state index contributed by atoms with van der Waals surface area (Å²) in [5.41, 5.74) is 0.934. The molecule has 132 valence electrons. The number of nitrogens with one attached hydrogen (secondary N) is 1. The second-order valence-corrected chi connectivity index (χ2v) is 5.42. The number of likely N-dealkylation sites (N-methyl/N-ethyl adjacent to an activating group) is 1. The number of hydrogen-bond acceptors (Lipinski definition) is 4. The van der Waals surface area contributed by atoms with Gasteiger partial charge in [-0.1, -0.05) is 0 Å². The van der Waals surface area contributed by atoms with Crippen molar-refractivity contribution in [3.63, 3.8) is 0 Å². The van der Waals surface area contributed by atoms with E-state index in [0.717, 1.165) is 4.90 Å². The van der Waals surface area contributed by atoms with Crippen LogP contribution in [-0.4, -0.2) is 62.9 Å². The molecule has 2 amide bonds. The number of carbonyl (C=O) groups excluding carboxylic acids is 2. The molecule has 0 aromatic heterocycles. The predicted molar refractivity (Wildman–Crippen MR) is 81.0 cm³/mol. The second-order valence-electron chi connectivity index (χ2n) is 5.42. The van der Waals surface area contributed by atoms with Crippen LogP contribution in [0, 0.1) is 0 Å². The minimum absolute atomic E-state index is 0.0166. The van der Waals surface area contributed by atoms with Crippen LogP contribution in [-0.2, 0) is 4.74 Å². The lowest BCUT2D eigenvalue weighted by atomic mass is 10.2. The van der Waals surface area contributed by atoms with Gasteiger partial charge in [0.1, 0.15) is 6.61 Å². The van der Waals surface area contributed by atoms with Crippen molar-refractivity contribution in [3.05, 3.63) is 29.8 Å². The van der Waals surface area contributed by atoms with Gasteiger partial charge >= 0.3 is 18.2 Å². The van der Waals surface area contributed by atoms with Gasteiger partial charge in [-0.3, -0.25) is 9.80 Å². The number of carbonyl (C=O) groups is 2. The molecule has 6 nitrogen and oxygen atoms in total. The first-order chi connectivity index (χ1) is 11.3. The first kappa shape index (κ1) is 18.1. The van der Waals surface area contributed by atoms with E-state index in [9.17, 15) is 22.8 Å². The molecule has 0 saturated carbocycles. The van der Waals surface area contributed by atoms with Gasteiger partial charge in [0.25, 0.3) is 0 Å². The summed E-state index contributed by atoms with van der Waals surface area (Å²) in [6, 6.07) is 6.08. The van der Waals surface area contributed by atoms with Crippen LogP contribution in [0.1, 0.15) is 10.4 Å². The van der Waals surface area contributed by atoms with Gasteiger partial charge in [0, 0.05) is 25.3 Å². The molecule has 0 atom stereocenters. The zero-order valence-electron chi connectivity index (χ0n) is 13.1. The molecule has 9 heteroatoms. The molecule has 1 aromatic rings. The second kappa shape index (κ2) is 7.52. The number of esters is 1. The van der Waals surface area contributed by atoms with Crippen molar-refractivity contribution in [2.75, 3.05) is 44.7 Å². The Morgan fingerprint density at radius 1 is 1.33 bits per heavy atom. The molecule has 1 fully saturated rings. The third-order valence-electron chi connectivity index (χ3n) is 3.43. The Balaban J connectivity index is 1.81. The molecular weight excluding hydrogens is 327 g/mol. The fourth-order valence-corrected chi connectivity index (χ4v) is 2.26. The fourth-order valence-electron chi connectivity index (χ4n) is 2.26. The molecule has 1 N–H and O–H groups in total. The highest BCUT2D eigenvalue weighted by Gasteiger charge is 2.29. The van der Waals surface area contributed by atoms with E-state index in [2.05, 4.69) is 5.32 Å². The molecule has 0 spiro atoms. The van der Waals surface area contributed by atoms with E-state index in [4.69, 9.17) is 4.74 Å². The average Bonchev–Trinajstić information content (AvgIpc) is 2.91. The van der Waals surface area contributed by atoms with Crippen molar-refractivity contribution < 1.29 is 27.5 Å². The molecule has 1 aromatic carbocycles. The van der Waals surface area contributed by atoms with Gasteiger partial charge in [0.2, 0.25) is 0 Å². The highest BCUT2D eigenvalue weighted by Crippen LogP contribution is 2.18. The van der Waals surface area contributed by atoms with E-state index in [1.165, 1.54) is 19.2 Å². The number of amides is 2. The van der Waals surface area contributed by atoms with Gasteiger partial charge in [-0.05, 0) is 31.3 Å². The lowest BCUT2D eigenvalue weighted by Gasteiger charge is -2.18. The SMILES string of the molecule is CN(CCOC(=O)c1ccc(N2CCNC2=O)cc1)CC(F)(F)F. The predicted octanol–water partition coefficient (Wildman–Crippen LogP) is 1.87. The molecule has 24 heavy (non-hydrogen) atoms. The molecule has 0 bridgehead atoms. The third kappa shape index (κ3) is 5.12. The number of benzene rings is 1. The molecule has 1 heterocycles. The molecule has 1 saturated heterocycles. The number of hydrogen-bond donors (Lipinski definition) is 1. The Kier molecular flexibility index (Phi) is 5.66. The van der Waals surface area contributed by atoms with E-state index < -0.39 is 18.7 Å². The number of rotatable bonds is 6. The molecular formula is C15H18F3N3O3. The first-order valence-electron chi connectivity index (χ1n) is 7.34. The lowest BCUT2D eigenvalue weighted by Crippen LogP contribution is -2.33. The van der Waals surface area contributed by atoms with Crippen LogP contribution in [0.3, 0.4) is 0 Å². The van der Waals surface area contributed by atoms with Gasteiger partial charge in [0.05, 0.1) is 12.1 Å². The van der Waals surface area contributed by atoms with E-state index >= 15 is 0 Å². The van der Waals surface area contributed by atoms with E-state index in [0.29, 0.717) is 18.8 Å². The Bertz CT molecular complexity index is 590. The number of anilines is 1. The van der Waals surface area contributed by atoms with Crippen LogP contribution in [0.25, 0.3) is 0 Å². The number of urea groups is 1. The number of halogens is 3. The Hall–Kier alpha value is -2.29. The molecule has 0 aliphatic carbocycles. The summed E-state index contributed by atoms with van der Waals surface area (Å²) in [7, 11) is 1.30. The lowest BCUT2D eigenvalue weighted by molar-refractivity contribution is -0.143. The smallest absolute Gasteiger partial charge is 0.401 e. The quantitative estimate of drug-likeness (QED) is 0.800. The Morgan fingerprint density at radius 3 is 2.54 bits per heavy atom. The van der Waals surface area contributed by atoms with E-state index in [1.807, 2.05) is 0 Å². The van der Waals surface area contributed by atoms with Crippen molar-refractivity contribution in [2.45, 2.75) is 6.18 Å². The highest BCUT2D eigenvalue weighted by molar-refractivity contribution is 5.95. The Morgan fingerprint density at radius 2 is 2.00 bits per heavy atom. The molecule has 1 aliphatic rings. The standard InChI is InChI=1S/C15H18F3N3O3/c1-20(10-15(16,17)18)8-9-24-13(22)11-2-4-12(5-3-11)21-7-6-19-14(21)23/h2-5H,6-10H2,1H3,(H,19,23). The van der Waals surface area contributed by atoms with E-state index in [1.54, 1.807) is 17.0 Å². The van der Waals surface area contributed by atoms with Gasteiger partial charge in [0.15, 0.2) is 0 Å².